The molecule has 2 aromatic heterocycles. The highest BCUT2D eigenvalue weighted by Crippen LogP contribution is 2.40. The van der Waals surface area contributed by atoms with E-state index < -0.39 is 5.82 Å². The fourth-order valence-corrected chi connectivity index (χ4v) is 4.40. The number of amides is 1. The summed E-state index contributed by atoms with van der Waals surface area (Å²) in [7, 11) is 1.93. The molecule has 37 heavy (non-hydrogen) atoms. The number of nitrogens with zero attached hydrogens (tertiary/aromatic N) is 3. The lowest BCUT2D eigenvalue weighted by atomic mass is 10.0. The molecular weight excluding hydrogens is 495 g/mol. The van der Waals surface area contributed by atoms with Gasteiger partial charge in [-0.15, -0.1) is 0 Å². The molecule has 0 spiro atoms. The second kappa shape index (κ2) is 12.8. The minimum atomic E-state index is -0.433. The lowest BCUT2D eigenvalue weighted by Gasteiger charge is -2.22. The Morgan fingerprint density at radius 2 is 2.00 bits per heavy atom. The summed E-state index contributed by atoms with van der Waals surface area (Å²) in [5.41, 5.74) is 2.44. The predicted molar refractivity (Wildman–Crippen MR) is 145 cm³/mol. The molecule has 10 heteroatoms. The van der Waals surface area contributed by atoms with Crippen LogP contribution in [0.5, 0.6) is 5.75 Å². The summed E-state index contributed by atoms with van der Waals surface area (Å²) in [6, 6.07) is 7.85. The second-order valence-corrected chi connectivity index (χ2v) is 9.23. The SMILES string of the molecule is CCCN(CCNC)CCNC(=O)c1cncc(-c2cc(-c3cc(Cl)ccc3F)nc3c2OCCN3)c1. The van der Waals surface area contributed by atoms with Crippen LogP contribution in [0.25, 0.3) is 22.4 Å². The number of ether oxygens (including phenoxy) is 1. The Morgan fingerprint density at radius 3 is 2.81 bits per heavy atom. The lowest BCUT2D eigenvalue weighted by molar-refractivity contribution is 0.0948. The maximum absolute atomic E-state index is 14.7. The van der Waals surface area contributed by atoms with Crippen molar-refractivity contribution >= 4 is 23.3 Å². The highest BCUT2D eigenvalue weighted by Gasteiger charge is 2.22. The monoisotopic (exact) mass is 526 g/mol. The third-order valence-electron chi connectivity index (χ3n) is 6.06. The van der Waals surface area contributed by atoms with Gasteiger partial charge in [0.2, 0.25) is 0 Å². The molecule has 196 valence electrons. The first kappa shape index (κ1) is 26.8. The Labute approximate surface area is 221 Å². The maximum atomic E-state index is 14.7. The summed E-state index contributed by atoms with van der Waals surface area (Å²) in [5.74, 6) is 0.405. The number of hydrogen-bond donors (Lipinski definition) is 3. The van der Waals surface area contributed by atoms with Crippen molar-refractivity contribution in [3.8, 4) is 28.1 Å². The van der Waals surface area contributed by atoms with Crippen LogP contribution in [0.3, 0.4) is 0 Å². The van der Waals surface area contributed by atoms with E-state index in [9.17, 15) is 9.18 Å². The van der Waals surface area contributed by atoms with E-state index in [4.69, 9.17) is 16.3 Å². The number of carbonyl (C=O) groups is 1. The van der Waals surface area contributed by atoms with Gasteiger partial charge < -0.3 is 25.6 Å². The van der Waals surface area contributed by atoms with Crippen LogP contribution in [0.2, 0.25) is 5.02 Å². The summed E-state index contributed by atoms with van der Waals surface area (Å²) >= 11 is 6.13. The quantitative estimate of drug-likeness (QED) is 0.347. The van der Waals surface area contributed by atoms with E-state index in [1.54, 1.807) is 24.4 Å². The predicted octanol–water partition coefficient (Wildman–Crippen LogP) is 4.07. The van der Waals surface area contributed by atoms with Crippen LogP contribution < -0.4 is 20.7 Å². The summed E-state index contributed by atoms with van der Waals surface area (Å²) in [4.78, 5) is 24.1. The summed E-state index contributed by atoms with van der Waals surface area (Å²) in [6.45, 7) is 7.27. The first-order chi connectivity index (χ1) is 18.0. The first-order valence-corrected chi connectivity index (χ1v) is 12.9. The van der Waals surface area contributed by atoms with Crippen LogP contribution in [-0.4, -0.2) is 73.7 Å². The van der Waals surface area contributed by atoms with Gasteiger partial charge in [0.25, 0.3) is 5.91 Å². The number of carbonyl (C=O) groups excluding carboxylic acids is 1. The molecule has 0 radical (unpaired) electrons. The van der Waals surface area contributed by atoms with Crippen LogP contribution >= 0.6 is 11.6 Å². The van der Waals surface area contributed by atoms with Crippen LogP contribution in [0.1, 0.15) is 23.7 Å². The van der Waals surface area contributed by atoms with Gasteiger partial charge in [-0.3, -0.25) is 9.78 Å². The number of rotatable bonds is 11. The molecule has 3 N–H and O–H groups in total. The van der Waals surface area contributed by atoms with Gasteiger partial charge in [0.05, 0.1) is 17.8 Å². The van der Waals surface area contributed by atoms with Gasteiger partial charge in [0.15, 0.2) is 11.6 Å². The molecule has 0 bridgehead atoms. The molecule has 0 fully saturated rings. The van der Waals surface area contributed by atoms with Gasteiger partial charge in [-0.25, -0.2) is 9.37 Å². The number of aromatic nitrogens is 2. The van der Waals surface area contributed by atoms with Crippen molar-refractivity contribution in [1.29, 1.82) is 0 Å². The van der Waals surface area contributed by atoms with E-state index in [-0.39, 0.29) is 11.5 Å². The smallest absolute Gasteiger partial charge is 0.252 e. The highest BCUT2D eigenvalue weighted by atomic mass is 35.5. The number of likely N-dealkylation sites (N-methyl/N-ethyl adjacent to an activating group) is 1. The highest BCUT2D eigenvalue weighted by molar-refractivity contribution is 6.30. The largest absolute Gasteiger partial charge is 0.487 e. The third-order valence-corrected chi connectivity index (χ3v) is 6.30. The van der Waals surface area contributed by atoms with Crippen LogP contribution in [-0.2, 0) is 0 Å². The van der Waals surface area contributed by atoms with Crippen molar-refractivity contribution in [2.45, 2.75) is 13.3 Å². The molecule has 8 nitrogen and oxygen atoms in total. The molecule has 0 saturated carbocycles. The number of halogens is 2. The minimum Gasteiger partial charge on any atom is -0.487 e. The topological polar surface area (TPSA) is 91.4 Å². The summed E-state index contributed by atoms with van der Waals surface area (Å²) in [6.07, 6.45) is 4.25. The Kier molecular flexibility index (Phi) is 9.27. The van der Waals surface area contributed by atoms with Gasteiger partial charge in [-0.1, -0.05) is 18.5 Å². The maximum Gasteiger partial charge on any atom is 0.252 e. The average Bonchev–Trinajstić information content (AvgIpc) is 2.92. The molecule has 3 aromatic rings. The molecule has 1 amide bonds. The number of benzene rings is 1. The number of pyridine rings is 2. The third kappa shape index (κ3) is 6.74. The molecular formula is C27H32ClFN6O2. The molecule has 1 aliphatic rings. The van der Waals surface area contributed by atoms with Gasteiger partial charge >= 0.3 is 0 Å². The van der Waals surface area contributed by atoms with Crippen LogP contribution in [0.15, 0.2) is 42.7 Å². The van der Waals surface area contributed by atoms with Gasteiger partial charge in [-0.2, -0.15) is 0 Å². The Bertz CT molecular complexity index is 1240. The van der Waals surface area contributed by atoms with Gasteiger partial charge in [-0.05, 0) is 50.3 Å². The lowest BCUT2D eigenvalue weighted by Crippen LogP contribution is -2.38. The number of hydrogen-bond acceptors (Lipinski definition) is 7. The van der Waals surface area contributed by atoms with Crippen molar-refractivity contribution in [3.05, 3.63) is 59.1 Å². The van der Waals surface area contributed by atoms with Gasteiger partial charge in [0, 0.05) is 60.3 Å². The fraction of sp³-hybridized carbons (Fsp3) is 0.370. The molecule has 1 aromatic carbocycles. The average molecular weight is 527 g/mol. The Hall–Kier alpha value is -3.27. The first-order valence-electron chi connectivity index (χ1n) is 12.5. The van der Waals surface area contributed by atoms with E-state index in [0.29, 0.717) is 58.7 Å². The molecule has 0 saturated heterocycles. The fourth-order valence-electron chi connectivity index (χ4n) is 4.23. The van der Waals surface area contributed by atoms with Crippen molar-refractivity contribution < 1.29 is 13.9 Å². The molecule has 4 rings (SSSR count). The zero-order valence-electron chi connectivity index (χ0n) is 21.1. The zero-order chi connectivity index (χ0) is 26.2. The van der Waals surface area contributed by atoms with E-state index in [1.165, 1.54) is 18.3 Å². The molecule has 0 unspecified atom stereocenters. The molecule has 3 heterocycles. The molecule has 0 aliphatic carbocycles. The van der Waals surface area contributed by atoms with E-state index >= 15 is 0 Å². The molecule has 0 atom stereocenters. The normalized spacial score (nSPS) is 12.6. The number of nitrogens with one attached hydrogen (secondary N) is 3. The number of anilines is 1. The van der Waals surface area contributed by atoms with Crippen molar-refractivity contribution in [2.24, 2.45) is 0 Å². The van der Waals surface area contributed by atoms with Crippen molar-refractivity contribution in [2.75, 3.05) is 58.2 Å². The van der Waals surface area contributed by atoms with Crippen LogP contribution in [0.4, 0.5) is 10.2 Å². The van der Waals surface area contributed by atoms with Crippen molar-refractivity contribution in [3.63, 3.8) is 0 Å². The Morgan fingerprint density at radius 1 is 1.16 bits per heavy atom. The minimum absolute atomic E-state index is 0.206. The Balaban J connectivity index is 1.58. The van der Waals surface area contributed by atoms with E-state index in [2.05, 4.69) is 37.7 Å². The summed E-state index contributed by atoms with van der Waals surface area (Å²) < 4.78 is 20.6. The standard InChI is InChI=1S/C27H32ClFN6O2/c1-3-9-35(10-6-30-2)11-7-33-27(36)19-13-18(16-31-17-19)21-15-24(22-14-20(28)4-5-23(22)29)34-26-25(21)37-12-8-32-26/h4-5,13-17,30H,3,6-12H2,1-2H3,(H,32,34)(H,33,36). The summed E-state index contributed by atoms with van der Waals surface area (Å²) in [5, 5.41) is 9.78. The van der Waals surface area contributed by atoms with Crippen LogP contribution in [0, 0.1) is 5.82 Å². The number of fused-ring (bicyclic) bond motifs is 1. The van der Waals surface area contributed by atoms with Crippen molar-refractivity contribution in [1.82, 2.24) is 25.5 Å². The molecule has 1 aliphatic heterocycles. The zero-order valence-corrected chi connectivity index (χ0v) is 21.9. The second-order valence-electron chi connectivity index (χ2n) is 8.80. The van der Waals surface area contributed by atoms with Gasteiger partial charge in [0.1, 0.15) is 12.4 Å². The van der Waals surface area contributed by atoms with E-state index in [0.717, 1.165) is 32.6 Å². The van der Waals surface area contributed by atoms with E-state index in [1.807, 2.05) is 7.05 Å².